The topological polar surface area (TPSA) is 10.4 Å². The van der Waals surface area contributed by atoms with Gasteiger partial charge in [-0.1, -0.05) is 24.3 Å². The minimum atomic E-state index is 1.16. The van der Waals surface area contributed by atoms with Crippen LogP contribution in [-0.2, 0) is 7.05 Å². The number of aryl methyl sites for hydroxylation is 1. The van der Waals surface area contributed by atoms with Gasteiger partial charge in [0.05, 0.1) is 11.1 Å². The summed E-state index contributed by atoms with van der Waals surface area (Å²) in [6.07, 6.45) is 7.02. The zero-order valence-electron chi connectivity index (χ0n) is 16.5. The van der Waals surface area contributed by atoms with Crippen LogP contribution in [0.15, 0.2) is 54.6 Å². The standard InChI is InChI=1S/C24H28N3/c1-25(2)20-13-10-19(11-14-20)12-15-21-18-24(27-16-6-7-17-27)22-8-4-5-9-23(22)26(21)3/h4-5,8-15,18H,6-7,16-17H2,1-3H3/q+1. The van der Waals surface area contributed by atoms with Crippen molar-refractivity contribution in [2.75, 3.05) is 37.0 Å². The maximum absolute atomic E-state index is 2.53. The van der Waals surface area contributed by atoms with Crippen molar-refractivity contribution in [3.63, 3.8) is 0 Å². The number of aromatic nitrogens is 1. The van der Waals surface area contributed by atoms with Gasteiger partial charge in [0.25, 0.3) is 0 Å². The lowest BCUT2D eigenvalue weighted by Gasteiger charge is -2.19. The number of anilines is 2. The van der Waals surface area contributed by atoms with Crippen molar-refractivity contribution in [2.24, 2.45) is 7.05 Å². The number of pyridine rings is 1. The molecule has 0 amide bonds. The average molecular weight is 359 g/mol. The molecule has 0 unspecified atom stereocenters. The molecule has 1 aliphatic rings. The summed E-state index contributed by atoms with van der Waals surface area (Å²) < 4.78 is 2.29. The van der Waals surface area contributed by atoms with Gasteiger partial charge >= 0.3 is 0 Å². The van der Waals surface area contributed by atoms with Gasteiger partial charge < -0.3 is 9.80 Å². The third kappa shape index (κ3) is 3.55. The van der Waals surface area contributed by atoms with Gasteiger partial charge in [-0.15, -0.1) is 0 Å². The minimum absolute atomic E-state index is 1.16. The fourth-order valence-corrected chi connectivity index (χ4v) is 3.88. The Morgan fingerprint density at radius 2 is 1.63 bits per heavy atom. The van der Waals surface area contributed by atoms with Crippen LogP contribution in [0.2, 0.25) is 0 Å². The van der Waals surface area contributed by atoms with Gasteiger partial charge in [0.15, 0.2) is 0 Å². The highest BCUT2D eigenvalue weighted by Crippen LogP contribution is 2.29. The first-order chi connectivity index (χ1) is 13.1. The van der Waals surface area contributed by atoms with E-state index in [4.69, 9.17) is 0 Å². The molecule has 3 aromatic rings. The molecule has 2 heterocycles. The van der Waals surface area contributed by atoms with E-state index in [1.54, 1.807) is 0 Å². The maximum Gasteiger partial charge on any atom is 0.214 e. The lowest BCUT2D eigenvalue weighted by molar-refractivity contribution is -0.646. The SMILES string of the molecule is CN(C)c1ccc(/C=C/c2cc(N3CCCC3)c3ccccc3[n+]2C)cc1. The van der Waals surface area contributed by atoms with Gasteiger partial charge in [0, 0.05) is 51.1 Å². The van der Waals surface area contributed by atoms with E-state index < -0.39 is 0 Å². The Hall–Kier alpha value is -2.81. The number of fused-ring (bicyclic) bond motifs is 1. The lowest BCUT2D eigenvalue weighted by Crippen LogP contribution is -2.34. The normalized spacial score (nSPS) is 14.4. The molecular weight excluding hydrogens is 330 g/mol. The van der Waals surface area contributed by atoms with Crippen LogP contribution in [0.3, 0.4) is 0 Å². The van der Waals surface area contributed by atoms with Crippen LogP contribution in [0.5, 0.6) is 0 Å². The molecule has 1 aromatic heterocycles. The zero-order valence-corrected chi connectivity index (χ0v) is 16.5. The highest BCUT2D eigenvalue weighted by Gasteiger charge is 2.20. The molecule has 138 valence electrons. The molecule has 0 bridgehead atoms. The first kappa shape index (κ1) is 17.6. The molecule has 2 aromatic carbocycles. The number of rotatable bonds is 4. The summed E-state index contributed by atoms with van der Waals surface area (Å²) in [5.41, 5.74) is 6.32. The van der Waals surface area contributed by atoms with E-state index in [-0.39, 0.29) is 0 Å². The number of hydrogen-bond acceptors (Lipinski definition) is 2. The smallest absolute Gasteiger partial charge is 0.214 e. The Morgan fingerprint density at radius 1 is 0.926 bits per heavy atom. The highest BCUT2D eigenvalue weighted by atomic mass is 15.1. The van der Waals surface area contributed by atoms with E-state index in [1.807, 2.05) is 0 Å². The van der Waals surface area contributed by atoms with Crippen LogP contribution in [-0.4, -0.2) is 27.2 Å². The molecule has 0 N–H and O–H groups in total. The predicted octanol–water partition coefficient (Wildman–Crippen LogP) is 4.50. The Morgan fingerprint density at radius 3 is 2.33 bits per heavy atom. The van der Waals surface area contributed by atoms with Crippen molar-refractivity contribution >= 4 is 34.4 Å². The molecule has 3 heteroatoms. The molecule has 3 nitrogen and oxygen atoms in total. The second kappa shape index (κ2) is 7.43. The van der Waals surface area contributed by atoms with Crippen molar-refractivity contribution in [2.45, 2.75) is 12.8 Å². The molecular formula is C24H28N3+. The van der Waals surface area contributed by atoms with Crippen LogP contribution in [0, 0.1) is 0 Å². The number of nitrogens with zero attached hydrogens (tertiary/aromatic N) is 3. The van der Waals surface area contributed by atoms with E-state index in [9.17, 15) is 0 Å². The molecule has 27 heavy (non-hydrogen) atoms. The first-order valence-electron chi connectivity index (χ1n) is 9.76. The summed E-state index contributed by atoms with van der Waals surface area (Å²) in [4.78, 5) is 4.66. The van der Waals surface area contributed by atoms with Gasteiger partial charge in [-0.2, -0.15) is 4.57 Å². The van der Waals surface area contributed by atoms with Crippen LogP contribution < -0.4 is 14.4 Å². The third-order valence-electron chi connectivity index (χ3n) is 5.52. The van der Waals surface area contributed by atoms with E-state index in [0.29, 0.717) is 0 Å². The molecule has 0 aliphatic carbocycles. The molecule has 1 saturated heterocycles. The molecule has 4 rings (SSSR count). The van der Waals surface area contributed by atoms with Gasteiger partial charge in [-0.05, 0) is 42.7 Å². The van der Waals surface area contributed by atoms with Crippen LogP contribution in [0.4, 0.5) is 11.4 Å². The largest absolute Gasteiger partial charge is 0.378 e. The number of para-hydroxylation sites is 1. The molecule has 0 atom stereocenters. The second-order valence-electron chi connectivity index (χ2n) is 7.54. The van der Waals surface area contributed by atoms with E-state index in [2.05, 4.69) is 102 Å². The van der Waals surface area contributed by atoms with Crippen molar-refractivity contribution in [3.05, 3.63) is 65.9 Å². The highest BCUT2D eigenvalue weighted by molar-refractivity contribution is 5.91. The van der Waals surface area contributed by atoms with Crippen LogP contribution in [0.25, 0.3) is 23.1 Å². The monoisotopic (exact) mass is 358 g/mol. The third-order valence-corrected chi connectivity index (χ3v) is 5.52. The summed E-state index contributed by atoms with van der Waals surface area (Å²) in [5.74, 6) is 0. The molecule has 0 radical (unpaired) electrons. The maximum atomic E-state index is 2.53. The van der Waals surface area contributed by atoms with E-state index >= 15 is 0 Å². The summed E-state index contributed by atoms with van der Waals surface area (Å²) in [6, 6.07) is 19.8. The van der Waals surface area contributed by atoms with Crippen molar-refractivity contribution < 1.29 is 4.57 Å². The lowest BCUT2D eigenvalue weighted by atomic mass is 10.1. The Bertz CT molecular complexity index is 965. The first-order valence-corrected chi connectivity index (χ1v) is 9.76. The van der Waals surface area contributed by atoms with Crippen molar-refractivity contribution in [1.29, 1.82) is 0 Å². The van der Waals surface area contributed by atoms with Gasteiger partial charge in [0.2, 0.25) is 11.2 Å². The summed E-state index contributed by atoms with van der Waals surface area (Å²) >= 11 is 0. The van der Waals surface area contributed by atoms with Gasteiger partial charge in [-0.3, -0.25) is 0 Å². The predicted molar refractivity (Wildman–Crippen MR) is 116 cm³/mol. The van der Waals surface area contributed by atoms with Crippen molar-refractivity contribution in [3.8, 4) is 0 Å². The quantitative estimate of drug-likeness (QED) is 0.636. The summed E-state index contributed by atoms with van der Waals surface area (Å²) in [7, 11) is 6.30. The average Bonchev–Trinajstić information content (AvgIpc) is 3.22. The fourth-order valence-electron chi connectivity index (χ4n) is 3.88. The molecule has 1 fully saturated rings. The summed E-state index contributed by atoms with van der Waals surface area (Å²) in [6.45, 7) is 2.32. The van der Waals surface area contributed by atoms with Crippen LogP contribution >= 0.6 is 0 Å². The fraction of sp³-hybridized carbons (Fsp3) is 0.292. The summed E-state index contributed by atoms with van der Waals surface area (Å²) in [5, 5.41) is 1.34. The van der Waals surface area contributed by atoms with Gasteiger partial charge in [-0.25, -0.2) is 0 Å². The zero-order chi connectivity index (χ0) is 18.8. The molecule has 0 spiro atoms. The van der Waals surface area contributed by atoms with E-state index in [1.165, 1.54) is 46.4 Å². The number of hydrogen-bond donors (Lipinski definition) is 0. The number of benzene rings is 2. The Balaban J connectivity index is 1.73. The second-order valence-corrected chi connectivity index (χ2v) is 7.54. The minimum Gasteiger partial charge on any atom is -0.378 e. The molecule has 1 aliphatic heterocycles. The van der Waals surface area contributed by atoms with Crippen LogP contribution in [0.1, 0.15) is 24.1 Å². The van der Waals surface area contributed by atoms with E-state index in [0.717, 1.165) is 13.1 Å². The van der Waals surface area contributed by atoms with Gasteiger partial charge in [0.1, 0.15) is 7.05 Å². The Kier molecular flexibility index (Phi) is 4.85. The van der Waals surface area contributed by atoms with Crippen molar-refractivity contribution in [1.82, 2.24) is 0 Å². The molecule has 0 saturated carbocycles. The Labute approximate surface area is 162 Å².